The summed E-state index contributed by atoms with van der Waals surface area (Å²) in [4.78, 5) is 12.6. The van der Waals surface area contributed by atoms with Gasteiger partial charge in [-0.05, 0) is 81.6 Å². The average molecular weight is 801 g/mol. The Morgan fingerprint density at radius 1 is 0.732 bits per heavy atom. The molecule has 21 atom stereocenters. The number of fused-ring (bicyclic) bond motifs is 5. The van der Waals surface area contributed by atoms with Crippen molar-refractivity contribution < 1.29 is 84.3 Å². The number of aliphatic hydroxyl groups excluding tert-OH is 9. The van der Waals surface area contributed by atoms with Crippen LogP contribution in [0.3, 0.4) is 0 Å². The lowest BCUT2D eigenvalue weighted by Gasteiger charge is -2.61. The number of aliphatic hydroxyl groups is 10. The number of hydrogen-bond donors (Lipinski definition) is 10. The van der Waals surface area contributed by atoms with Crippen LogP contribution in [0.1, 0.15) is 72.6 Å². The topological polar surface area (TPSA) is 275 Å². The predicted octanol–water partition coefficient (Wildman–Crippen LogP) is -1.95. The van der Waals surface area contributed by atoms with Crippen molar-refractivity contribution in [1.82, 2.24) is 0 Å². The molecule has 7 rings (SSSR count). The molecule has 0 bridgehead atoms. The number of ether oxygens (including phenoxy) is 6. The fourth-order valence-corrected chi connectivity index (χ4v) is 11.1. The largest absolute Gasteiger partial charge is 0.394 e. The third-order valence-electron chi connectivity index (χ3n) is 14.6. The maximum Gasteiger partial charge on any atom is 0.187 e. The van der Waals surface area contributed by atoms with Gasteiger partial charge in [-0.2, -0.15) is 0 Å². The smallest absolute Gasteiger partial charge is 0.187 e. The van der Waals surface area contributed by atoms with Crippen LogP contribution in [0.5, 0.6) is 0 Å². The SMILES string of the molecule is CC(=O)C1=CC[C@@]2(O)[C@@H]3CC=C4CC(O[C@@H]5O[C@H](CO)[C@@H](O)[C@H](O[C@@H]6O[C@H](CO)[C@@H](O)[C@H](O)[C@H]6O)[C@H]5O[C@@H]5O[C@@H](C)[C@H](O)[C@@H](O)[C@H]5O)CC[C@]4(C)[C@H]3CC[C@]12C. The summed E-state index contributed by atoms with van der Waals surface area (Å²) in [5.74, 6) is 0.0992. The number of carbonyl (C=O) groups is 1. The second kappa shape index (κ2) is 15.8. The van der Waals surface area contributed by atoms with E-state index < -0.39 is 122 Å². The Morgan fingerprint density at radius 3 is 2.00 bits per heavy atom. The number of ketones is 1. The minimum Gasteiger partial charge on any atom is -0.394 e. The van der Waals surface area contributed by atoms with Crippen molar-refractivity contribution in [2.45, 2.75) is 176 Å². The first kappa shape index (κ1) is 42.6. The Morgan fingerprint density at radius 2 is 1.34 bits per heavy atom. The van der Waals surface area contributed by atoms with E-state index in [0.29, 0.717) is 44.1 Å². The second-order valence-electron chi connectivity index (χ2n) is 17.6. The van der Waals surface area contributed by atoms with E-state index in [1.807, 2.05) is 13.0 Å². The first-order valence-electron chi connectivity index (χ1n) is 19.9. The van der Waals surface area contributed by atoms with E-state index in [0.717, 1.165) is 12.0 Å². The summed E-state index contributed by atoms with van der Waals surface area (Å²) in [7, 11) is 0. The Labute approximate surface area is 325 Å². The Bertz CT molecular complexity index is 1510. The van der Waals surface area contributed by atoms with Crippen molar-refractivity contribution in [2.75, 3.05) is 13.2 Å². The van der Waals surface area contributed by atoms with Gasteiger partial charge in [0.05, 0.1) is 31.0 Å². The van der Waals surface area contributed by atoms with Crippen LogP contribution < -0.4 is 0 Å². The molecule has 10 N–H and O–H groups in total. The van der Waals surface area contributed by atoms with Crippen LogP contribution in [0.2, 0.25) is 0 Å². The van der Waals surface area contributed by atoms with Crippen molar-refractivity contribution in [1.29, 1.82) is 0 Å². The van der Waals surface area contributed by atoms with Gasteiger partial charge in [-0.25, -0.2) is 0 Å². The van der Waals surface area contributed by atoms with E-state index in [2.05, 4.69) is 13.0 Å². The molecule has 17 nitrogen and oxygen atoms in total. The third kappa shape index (κ3) is 6.86. The predicted molar refractivity (Wildman–Crippen MR) is 190 cm³/mol. The minimum absolute atomic E-state index is 0.00498. The Hall–Kier alpha value is -1.49. The number of Topliss-reactive ketones (excluding diaryl/α,β-unsaturated/α-hetero) is 1. The summed E-state index contributed by atoms with van der Waals surface area (Å²) < 4.78 is 36.2. The first-order chi connectivity index (χ1) is 26.4. The Balaban J connectivity index is 1.15. The maximum absolute atomic E-state index is 12.6. The van der Waals surface area contributed by atoms with E-state index in [4.69, 9.17) is 28.4 Å². The summed E-state index contributed by atoms with van der Waals surface area (Å²) in [6, 6.07) is 0. The van der Waals surface area contributed by atoms with Gasteiger partial charge in [-0.15, -0.1) is 0 Å². The van der Waals surface area contributed by atoms with E-state index in [-0.39, 0.29) is 23.0 Å². The Kier molecular flexibility index (Phi) is 12.1. The van der Waals surface area contributed by atoms with E-state index in [1.165, 1.54) is 6.92 Å². The van der Waals surface area contributed by atoms with Crippen LogP contribution >= 0.6 is 0 Å². The number of allylic oxidation sites excluding steroid dienone is 1. The van der Waals surface area contributed by atoms with Gasteiger partial charge in [0.1, 0.15) is 67.1 Å². The molecule has 318 valence electrons. The number of hydrogen-bond acceptors (Lipinski definition) is 17. The van der Waals surface area contributed by atoms with Gasteiger partial charge < -0.3 is 79.5 Å². The number of carbonyl (C=O) groups excluding carboxylic acids is 1. The molecule has 7 aliphatic rings. The van der Waals surface area contributed by atoms with E-state index in [9.17, 15) is 55.9 Å². The van der Waals surface area contributed by atoms with Crippen LogP contribution in [0, 0.1) is 22.7 Å². The van der Waals surface area contributed by atoms with Gasteiger partial charge in [0.25, 0.3) is 0 Å². The lowest BCUT2D eigenvalue weighted by molar-refractivity contribution is -0.394. The highest BCUT2D eigenvalue weighted by molar-refractivity contribution is 5.95. The minimum atomic E-state index is -1.87. The number of rotatable bonds is 9. The van der Waals surface area contributed by atoms with Crippen molar-refractivity contribution >= 4 is 5.78 Å². The van der Waals surface area contributed by atoms with Gasteiger partial charge in [0.2, 0.25) is 0 Å². The highest BCUT2D eigenvalue weighted by Gasteiger charge is 2.65. The highest BCUT2D eigenvalue weighted by atomic mass is 16.8. The van der Waals surface area contributed by atoms with Crippen LogP contribution in [-0.4, -0.2) is 174 Å². The van der Waals surface area contributed by atoms with E-state index >= 15 is 0 Å². The quantitative estimate of drug-likeness (QED) is 0.114. The van der Waals surface area contributed by atoms with Crippen molar-refractivity contribution in [2.24, 2.45) is 22.7 Å². The molecular formula is C39H60O17. The molecule has 0 radical (unpaired) electrons. The lowest BCUT2D eigenvalue weighted by atomic mass is 9.45. The molecule has 3 aliphatic heterocycles. The lowest BCUT2D eigenvalue weighted by Crippen LogP contribution is -2.67. The molecule has 56 heavy (non-hydrogen) atoms. The average Bonchev–Trinajstić information content (AvgIpc) is 3.46. The molecule has 4 aliphatic carbocycles. The summed E-state index contributed by atoms with van der Waals surface area (Å²) in [6.45, 7) is 5.79. The summed E-state index contributed by atoms with van der Waals surface area (Å²) in [6.07, 6.45) is -15.8. The zero-order chi connectivity index (χ0) is 40.6. The van der Waals surface area contributed by atoms with Crippen LogP contribution in [-0.2, 0) is 33.2 Å². The molecule has 2 saturated carbocycles. The van der Waals surface area contributed by atoms with Gasteiger partial charge in [-0.3, -0.25) is 4.79 Å². The molecule has 0 aromatic carbocycles. The summed E-state index contributed by atoms with van der Waals surface area (Å²) in [5.41, 5.74) is -0.0600. The van der Waals surface area contributed by atoms with Gasteiger partial charge in [0.15, 0.2) is 24.7 Å². The van der Waals surface area contributed by atoms with Crippen molar-refractivity contribution in [3.05, 3.63) is 23.3 Å². The summed E-state index contributed by atoms with van der Waals surface area (Å²) >= 11 is 0. The monoisotopic (exact) mass is 800 g/mol. The van der Waals surface area contributed by atoms with Crippen molar-refractivity contribution in [3.8, 4) is 0 Å². The van der Waals surface area contributed by atoms with Crippen LogP contribution in [0.25, 0.3) is 0 Å². The van der Waals surface area contributed by atoms with E-state index in [1.54, 1.807) is 6.92 Å². The molecule has 5 fully saturated rings. The normalized spacial score (nSPS) is 53.3. The highest BCUT2D eigenvalue weighted by Crippen LogP contribution is 2.66. The summed E-state index contributed by atoms with van der Waals surface area (Å²) in [5, 5.41) is 107. The van der Waals surface area contributed by atoms with Gasteiger partial charge in [-0.1, -0.05) is 31.6 Å². The molecular weight excluding hydrogens is 740 g/mol. The molecule has 0 amide bonds. The molecule has 17 heteroatoms. The van der Waals surface area contributed by atoms with Crippen LogP contribution in [0.4, 0.5) is 0 Å². The first-order valence-corrected chi connectivity index (χ1v) is 19.9. The zero-order valence-electron chi connectivity index (χ0n) is 32.2. The van der Waals surface area contributed by atoms with Crippen molar-refractivity contribution in [3.63, 3.8) is 0 Å². The standard InChI is InChI=1S/C39H60O17/c1-16(42)20-9-12-39(50)22-6-5-18-13-19(7-10-37(18,3)21(22)8-11-38(20,39)4)52-36-33(56-34-30(48)28(46)25(43)17(2)51-34)32(27(45)24(15-41)54-36)55-35-31(49)29(47)26(44)23(14-40)53-35/h5,9,17,19,21-36,40-41,43-50H,6-8,10-15H2,1-4H3/t17-,19?,21-,22+,23+,24+,25-,26+,27+,28+,29-,30+,31+,32-,33+,34-,35-,36+,37-,38+,39+/m0/s1. The maximum atomic E-state index is 12.6. The van der Waals surface area contributed by atoms with Gasteiger partial charge in [0, 0.05) is 5.41 Å². The molecule has 3 heterocycles. The third-order valence-corrected chi connectivity index (χ3v) is 14.6. The molecule has 0 aromatic heterocycles. The van der Waals surface area contributed by atoms with Crippen LogP contribution in [0.15, 0.2) is 23.3 Å². The molecule has 1 unspecified atom stereocenters. The molecule has 0 spiro atoms. The molecule has 3 saturated heterocycles. The second-order valence-corrected chi connectivity index (χ2v) is 17.6. The van der Waals surface area contributed by atoms with Gasteiger partial charge >= 0.3 is 0 Å². The fourth-order valence-electron chi connectivity index (χ4n) is 11.1. The molecule has 0 aromatic rings. The fraction of sp³-hybridized carbons (Fsp3) is 0.872. The zero-order valence-corrected chi connectivity index (χ0v) is 32.2.